The number of benzene rings is 2. The zero-order chi connectivity index (χ0) is 25.4. The maximum absolute atomic E-state index is 12.4. The Hall–Kier alpha value is -3.91. The summed E-state index contributed by atoms with van der Waals surface area (Å²) in [6, 6.07) is 14.5. The second kappa shape index (κ2) is 12.0. The van der Waals surface area contributed by atoms with Crippen LogP contribution in [0, 0.1) is 13.8 Å². The lowest BCUT2D eigenvalue weighted by molar-refractivity contribution is -0.141. The van der Waals surface area contributed by atoms with Gasteiger partial charge in [-0.3, -0.25) is 19.1 Å². The van der Waals surface area contributed by atoms with Crippen LogP contribution in [0.2, 0.25) is 5.02 Å². The van der Waals surface area contributed by atoms with Crippen molar-refractivity contribution in [1.29, 1.82) is 0 Å². The highest BCUT2D eigenvalue weighted by Crippen LogP contribution is 2.20. The van der Waals surface area contributed by atoms with Crippen molar-refractivity contribution in [2.24, 2.45) is 0 Å². The fraction of sp³-hybridized carbons (Fsp3) is 0.231. The topological polar surface area (TPSA) is 102 Å². The van der Waals surface area contributed by atoms with Gasteiger partial charge in [-0.2, -0.15) is 5.10 Å². The van der Waals surface area contributed by atoms with Crippen LogP contribution in [0.25, 0.3) is 6.08 Å². The number of ether oxygens (including phenoxy) is 1. The van der Waals surface area contributed by atoms with E-state index in [0.717, 1.165) is 28.1 Å². The highest BCUT2D eigenvalue weighted by molar-refractivity contribution is 6.31. The number of amides is 2. The van der Waals surface area contributed by atoms with E-state index in [-0.39, 0.29) is 24.8 Å². The molecule has 182 valence electrons. The molecule has 9 heteroatoms. The minimum atomic E-state index is -0.511. The number of anilines is 1. The van der Waals surface area contributed by atoms with Gasteiger partial charge in [-0.25, -0.2) is 0 Å². The lowest BCUT2D eigenvalue weighted by atomic mass is 10.1. The molecule has 0 bridgehead atoms. The zero-order valence-corrected chi connectivity index (χ0v) is 20.6. The van der Waals surface area contributed by atoms with E-state index in [1.807, 2.05) is 42.8 Å². The Bertz CT molecular complexity index is 1250. The SMILES string of the molecule is COC(=O)CNC(=O)Cc1ccc(NC(=O)C=Cc2c(C)nn(Cc3ccccc3Cl)c2C)cc1. The molecule has 1 heterocycles. The molecule has 0 radical (unpaired) electrons. The predicted octanol–water partition coefficient (Wildman–Crippen LogP) is 3.69. The third-order valence-corrected chi connectivity index (χ3v) is 5.73. The van der Waals surface area contributed by atoms with Crippen LogP contribution in [0.1, 0.15) is 28.1 Å². The number of halogens is 1. The van der Waals surface area contributed by atoms with Crippen molar-refractivity contribution in [2.75, 3.05) is 19.0 Å². The molecular formula is C26H27ClN4O4. The molecule has 0 fully saturated rings. The molecule has 1 aromatic heterocycles. The van der Waals surface area contributed by atoms with Gasteiger partial charge in [0, 0.05) is 28.0 Å². The van der Waals surface area contributed by atoms with Crippen LogP contribution in [-0.4, -0.2) is 41.2 Å². The van der Waals surface area contributed by atoms with Crippen LogP contribution in [0.15, 0.2) is 54.6 Å². The molecule has 2 N–H and O–H groups in total. The molecule has 0 saturated carbocycles. The van der Waals surface area contributed by atoms with E-state index in [0.29, 0.717) is 17.3 Å². The molecule has 0 aliphatic heterocycles. The van der Waals surface area contributed by atoms with E-state index in [9.17, 15) is 14.4 Å². The molecule has 8 nitrogen and oxygen atoms in total. The van der Waals surface area contributed by atoms with Crippen molar-refractivity contribution in [3.8, 4) is 0 Å². The van der Waals surface area contributed by atoms with E-state index in [1.54, 1.807) is 30.3 Å². The fourth-order valence-corrected chi connectivity index (χ4v) is 3.63. The molecule has 2 aromatic carbocycles. The van der Waals surface area contributed by atoms with Crippen LogP contribution in [0.3, 0.4) is 0 Å². The first-order valence-electron chi connectivity index (χ1n) is 11.0. The molecule has 2 amide bonds. The molecule has 3 aromatic rings. The van der Waals surface area contributed by atoms with E-state index in [4.69, 9.17) is 11.6 Å². The number of nitrogens with one attached hydrogen (secondary N) is 2. The number of carbonyl (C=O) groups is 3. The molecule has 35 heavy (non-hydrogen) atoms. The lowest BCUT2D eigenvalue weighted by Crippen LogP contribution is -2.31. The van der Waals surface area contributed by atoms with Gasteiger partial charge in [0.25, 0.3) is 0 Å². The van der Waals surface area contributed by atoms with Crippen molar-refractivity contribution in [3.63, 3.8) is 0 Å². The van der Waals surface area contributed by atoms with Crippen LogP contribution >= 0.6 is 11.6 Å². The Morgan fingerprint density at radius 3 is 2.49 bits per heavy atom. The Kier molecular flexibility index (Phi) is 8.80. The predicted molar refractivity (Wildman–Crippen MR) is 135 cm³/mol. The van der Waals surface area contributed by atoms with E-state index < -0.39 is 5.97 Å². The van der Waals surface area contributed by atoms with Gasteiger partial charge in [-0.05, 0) is 49.2 Å². The molecule has 0 atom stereocenters. The number of nitrogens with zero attached hydrogens (tertiary/aromatic N) is 2. The number of carbonyl (C=O) groups excluding carboxylic acids is 3. The Balaban J connectivity index is 1.57. The van der Waals surface area contributed by atoms with Crippen molar-refractivity contribution in [3.05, 3.63) is 87.7 Å². The van der Waals surface area contributed by atoms with Crippen molar-refractivity contribution >= 4 is 41.1 Å². The van der Waals surface area contributed by atoms with Crippen molar-refractivity contribution < 1.29 is 19.1 Å². The highest BCUT2D eigenvalue weighted by atomic mass is 35.5. The average molecular weight is 495 g/mol. The van der Waals surface area contributed by atoms with E-state index in [1.165, 1.54) is 13.2 Å². The summed E-state index contributed by atoms with van der Waals surface area (Å²) in [7, 11) is 1.26. The maximum Gasteiger partial charge on any atom is 0.325 e. The molecule has 0 saturated heterocycles. The lowest BCUT2D eigenvalue weighted by Gasteiger charge is -2.07. The molecule has 3 rings (SSSR count). The number of hydrogen-bond donors (Lipinski definition) is 2. The molecule has 0 spiro atoms. The van der Waals surface area contributed by atoms with Gasteiger partial charge in [0.15, 0.2) is 0 Å². The first-order valence-corrected chi connectivity index (χ1v) is 11.3. The Morgan fingerprint density at radius 2 is 1.80 bits per heavy atom. The molecule has 0 unspecified atom stereocenters. The van der Waals surface area contributed by atoms with E-state index >= 15 is 0 Å². The van der Waals surface area contributed by atoms with Crippen LogP contribution in [0.4, 0.5) is 5.69 Å². The summed E-state index contributed by atoms with van der Waals surface area (Å²) in [4.78, 5) is 35.4. The van der Waals surface area contributed by atoms with Gasteiger partial charge in [0.05, 0.1) is 25.8 Å². The summed E-state index contributed by atoms with van der Waals surface area (Å²) in [5.74, 6) is -1.09. The minimum absolute atomic E-state index is 0.113. The minimum Gasteiger partial charge on any atom is -0.468 e. The monoisotopic (exact) mass is 494 g/mol. The van der Waals surface area contributed by atoms with Crippen LogP contribution < -0.4 is 10.6 Å². The number of hydrogen-bond acceptors (Lipinski definition) is 5. The maximum atomic E-state index is 12.4. The number of aromatic nitrogens is 2. The Morgan fingerprint density at radius 1 is 1.09 bits per heavy atom. The number of methoxy groups -OCH3 is 1. The van der Waals surface area contributed by atoms with Gasteiger partial charge >= 0.3 is 5.97 Å². The summed E-state index contributed by atoms with van der Waals surface area (Å²) in [5.41, 5.74) is 4.94. The second-order valence-electron chi connectivity index (χ2n) is 7.88. The third kappa shape index (κ3) is 7.28. The van der Waals surface area contributed by atoms with Crippen LogP contribution in [-0.2, 0) is 32.1 Å². The van der Waals surface area contributed by atoms with Gasteiger partial charge in [-0.1, -0.05) is 41.9 Å². The molecule has 0 aliphatic rings. The summed E-state index contributed by atoms with van der Waals surface area (Å²) in [6.07, 6.45) is 3.32. The largest absolute Gasteiger partial charge is 0.468 e. The molecular weight excluding hydrogens is 468 g/mol. The first-order chi connectivity index (χ1) is 16.8. The quantitative estimate of drug-likeness (QED) is 0.349. The number of rotatable bonds is 9. The first kappa shape index (κ1) is 25.7. The molecule has 0 aliphatic carbocycles. The number of aryl methyl sites for hydroxylation is 1. The summed E-state index contributed by atoms with van der Waals surface area (Å²) < 4.78 is 6.35. The third-order valence-electron chi connectivity index (χ3n) is 5.36. The van der Waals surface area contributed by atoms with Gasteiger partial charge in [0.2, 0.25) is 11.8 Å². The van der Waals surface area contributed by atoms with E-state index in [2.05, 4.69) is 20.5 Å². The van der Waals surface area contributed by atoms with Crippen molar-refractivity contribution in [2.45, 2.75) is 26.8 Å². The fourth-order valence-electron chi connectivity index (χ4n) is 3.43. The Labute approximate surface area is 208 Å². The van der Waals surface area contributed by atoms with Gasteiger partial charge in [0.1, 0.15) is 6.54 Å². The van der Waals surface area contributed by atoms with Crippen molar-refractivity contribution in [1.82, 2.24) is 15.1 Å². The summed E-state index contributed by atoms with van der Waals surface area (Å²) >= 11 is 6.27. The zero-order valence-electron chi connectivity index (χ0n) is 19.8. The normalized spacial score (nSPS) is 10.9. The van der Waals surface area contributed by atoms with Gasteiger partial charge in [-0.15, -0.1) is 0 Å². The average Bonchev–Trinajstić information content (AvgIpc) is 3.10. The van der Waals surface area contributed by atoms with Gasteiger partial charge < -0.3 is 15.4 Å². The standard InChI is InChI=1S/C26H27ClN4O4/c1-17-22(18(2)31(30-17)16-20-6-4-5-7-23(20)27)12-13-24(32)29-21-10-8-19(9-11-21)14-25(33)28-15-26(34)35-3/h4-13H,14-16H2,1-3H3,(H,28,33)(H,29,32). The summed E-state index contributed by atoms with van der Waals surface area (Å²) in [5, 5.41) is 10.6. The second-order valence-corrected chi connectivity index (χ2v) is 8.29. The highest BCUT2D eigenvalue weighted by Gasteiger charge is 2.11. The summed E-state index contributed by atoms with van der Waals surface area (Å²) in [6.45, 7) is 4.22. The van der Waals surface area contributed by atoms with Crippen LogP contribution in [0.5, 0.6) is 0 Å². The smallest absolute Gasteiger partial charge is 0.325 e. The number of esters is 1.